The van der Waals surface area contributed by atoms with E-state index < -0.39 is 0 Å². The molecular weight excluding hydrogens is 296 g/mol. The highest BCUT2D eigenvalue weighted by atomic mass is 32.2. The highest BCUT2D eigenvalue weighted by Gasteiger charge is 2.17. The molecule has 1 aromatic carbocycles. The first-order valence-electron chi connectivity index (χ1n) is 7.39. The van der Waals surface area contributed by atoms with E-state index in [-0.39, 0.29) is 11.2 Å². The topological polar surface area (TPSA) is 70.7 Å². The average Bonchev–Trinajstić information content (AvgIpc) is 2.93. The lowest BCUT2D eigenvalue weighted by molar-refractivity contribution is -0.120. The Kier molecular flexibility index (Phi) is 5.60. The number of H-pyrrole nitrogens is 1. The van der Waals surface area contributed by atoms with E-state index in [0.717, 1.165) is 11.4 Å². The lowest BCUT2D eigenvalue weighted by atomic mass is 10.1. The van der Waals surface area contributed by atoms with Crippen LogP contribution in [0.2, 0.25) is 0 Å². The van der Waals surface area contributed by atoms with Crippen LogP contribution in [-0.2, 0) is 4.79 Å². The Bertz CT molecular complexity index is 621. The minimum atomic E-state index is -0.222. The summed E-state index contributed by atoms with van der Waals surface area (Å²) in [4.78, 5) is 16.4. The van der Waals surface area contributed by atoms with E-state index in [1.54, 1.807) is 0 Å². The zero-order valence-corrected chi connectivity index (χ0v) is 14.2. The number of carbonyl (C=O) groups is 1. The maximum absolute atomic E-state index is 12.0. The summed E-state index contributed by atoms with van der Waals surface area (Å²) in [5.41, 5.74) is 2.19. The molecule has 6 heteroatoms. The average molecular weight is 318 g/mol. The van der Waals surface area contributed by atoms with E-state index in [0.29, 0.717) is 17.6 Å². The van der Waals surface area contributed by atoms with Crippen LogP contribution in [-0.4, -0.2) is 32.9 Å². The van der Waals surface area contributed by atoms with Crippen LogP contribution in [0.1, 0.15) is 26.3 Å². The third-order valence-corrected chi connectivity index (χ3v) is 4.09. The van der Waals surface area contributed by atoms with Gasteiger partial charge in [0.05, 0.1) is 5.25 Å². The molecule has 0 bridgehead atoms. The standard InChI is InChI=1S/C16H22N4OS/c1-10(2)9-17-15(21)12(4)22-16-18-14(19-20-16)13-7-5-11(3)6-8-13/h5-8,10,12H,9H2,1-4H3,(H,17,21)(H,18,19,20)/t12-/m0/s1. The number of aromatic amines is 1. The SMILES string of the molecule is Cc1ccc(-c2nc(S[C@@H](C)C(=O)NCC(C)C)n[nH]2)cc1. The Hall–Kier alpha value is -1.82. The number of benzene rings is 1. The molecule has 0 aliphatic heterocycles. The summed E-state index contributed by atoms with van der Waals surface area (Å²) in [5.74, 6) is 1.18. The van der Waals surface area contributed by atoms with Crippen molar-refractivity contribution in [2.45, 2.75) is 38.1 Å². The monoisotopic (exact) mass is 318 g/mol. The molecule has 0 aliphatic rings. The fourth-order valence-corrected chi connectivity index (χ4v) is 2.55. The molecule has 1 heterocycles. The number of aromatic nitrogens is 3. The van der Waals surface area contributed by atoms with E-state index in [1.165, 1.54) is 17.3 Å². The van der Waals surface area contributed by atoms with Gasteiger partial charge in [0.25, 0.3) is 0 Å². The summed E-state index contributed by atoms with van der Waals surface area (Å²) < 4.78 is 0. The van der Waals surface area contributed by atoms with Crippen LogP contribution in [0.3, 0.4) is 0 Å². The van der Waals surface area contributed by atoms with Gasteiger partial charge in [-0.25, -0.2) is 4.98 Å². The highest BCUT2D eigenvalue weighted by Crippen LogP contribution is 2.22. The summed E-state index contributed by atoms with van der Waals surface area (Å²) in [7, 11) is 0. The molecular formula is C16H22N4OS. The summed E-state index contributed by atoms with van der Waals surface area (Å²) in [6.45, 7) is 8.74. The number of thioether (sulfide) groups is 1. The number of hydrogen-bond donors (Lipinski definition) is 2. The van der Waals surface area contributed by atoms with Crippen molar-refractivity contribution in [3.8, 4) is 11.4 Å². The first kappa shape index (κ1) is 16.5. The van der Waals surface area contributed by atoms with Crippen molar-refractivity contribution in [1.29, 1.82) is 0 Å². The van der Waals surface area contributed by atoms with E-state index in [1.807, 2.05) is 38.1 Å². The van der Waals surface area contributed by atoms with Crippen LogP contribution in [0, 0.1) is 12.8 Å². The van der Waals surface area contributed by atoms with Crippen LogP contribution in [0.25, 0.3) is 11.4 Å². The van der Waals surface area contributed by atoms with Gasteiger partial charge in [0.2, 0.25) is 11.1 Å². The van der Waals surface area contributed by atoms with Gasteiger partial charge in [0, 0.05) is 12.1 Å². The van der Waals surface area contributed by atoms with E-state index in [9.17, 15) is 4.79 Å². The van der Waals surface area contributed by atoms with Gasteiger partial charge in [-0.05, 0) is 19.8 Å². The first-order chi connectivity index (χ1) is 10.5. The molecule has 0 fully saturated rings. The Morgan fingerprint density at radius 3 is 2.59 bits per heavy atom. The summed E-state index contributed by atoms with van der Waals surface area (Å²) in [6, 6.07) is 8.07. The number of aryl methyl sites for hydroxylation is 1. The van der Waals surface area contributed by atoms with Gasteiger partial charge >= 0.3 is 0 Å². The van der Waals surface area contributed by atoms with Crippen molar-refractivity contribution >= 4 is 17.7 Å². The Morgan fingerprint density at radius 2 is 1.95 bits per heavy atom. The van der Waals surface area contributed by atoms with E-state index in [4.69, 9.17) is 0 Å². The molecule has 0 saturated carbocycles. The molecule has 0 unspecified atom stereocenters. The number of rotatable bonds is 6. The Balaban J connectivity index is 1.96. The molecule has 0 saturated heterocycles. The molecule has 1 atom stereocenters. The Labute approximate surface area is 135 Å². The number of nitrogens with zero attached hydrogens (tertiary/aromatic N) is 2. The number of hydrogen-bond acceptors (Lipinski definition) is 4. The number of carbonyl (C=O) groups excluding carboxylic acids is 1. The molecule has 0 radical (unpaired) electrons. The lowest BCUT2D eigenvalue weighted by Crippen LogP contribution is -2.33. The lowest BCUT2D eigenvalue weighted by Gasteiger charge is -2.11. The van der Waals surface area contributed by atoms with Crippen LogP contribution < -0.4 is 5.32 Å². The van der Waals surface area contributed by atoms with Crippen LogP contribution in [0.5, 0.6) is 0 Å². The van der Waals surface area contributed by atoms with E-state index >= 15 is 0 Å². The number of amides is 1. The minimum Gasteiger partial charge on any atom is -0.355 e. The normalized spacial score (nSPS) is 12.4. The maximum Gasteiger partial charge on any atom is 0.233 e. The van der Waals surface area contributed by atoms with Gasteiger partial charge in [-0.15, -0.1) is 5.10 Å². The van der Waals surface area contributed by atoms with Crippen molar-refractivity contribution in [1.82, 2.24) is 20.5 Å². The second-order valence-corrected chi connectivity index (χ2v) is 7.04. The molecule has 1 aromatic heterocycles. The first-order valence-corrected chi connectivity index (χ1v) is 8.27. The molecule has 0 spiro atoms. The molecule has 2 N–H and O–H groups in total. The van der Waals surface area contributed by atoms with Crippen molar-refractivity contribution in [2.24, 2.45) is 5.92 Å². The third kappa shape index (κ3) is 4.59. The van der Waals surface area contributed by atoms with Crippen molar-refractivity contribution in [3.05, 3.63) is 29.8 Å². The Morgan fingerprint density at radius 1 is 1.27 bits per heavy atom. The van der Waals surface area contributed by atoms with Gasteiger partial charge in [-0.2, -0.15) is 0 Å². The van der Waals surface area contributed by atoms with Crippen molar-refractivity contribution < 1.29 is 4.79 Å². The second kappa shape index (κ2) is 7.45. The van der Waals surface area contributed by atoms with Gasteiger partial charge in [-0.1, -0.05) is 55.4 Å². The minimum absolute atomic E-state index is 0.0142. The summed E-state index contributed by atoms with van der Waals surface area (Å²) in [6.07, 6.45) is 0. The molecule has 22 heavy (non-hydrogen) atoms. The fourth-order valence-electron chi connectivity index (χ4n) is 1.80. The van der Waals surface area contributed by atoms with Gasteiger partial charge in [0.1, 0.15) is 0 Å². The number of nitrogens with one attached hydrogen (secondary N) is 2. The summed E-state index contributed by atoms with van der Waals surface area (Å²) in [5, 5.41) is 10.4. The van der Waals surface area contributed by atoms with Gasteiger partial charge in [0.15, 0.2) is 5.82 Å². The molecule has 0 aliphatic carbocycles. The van der Waals surface area contributed by atoms with Crippen molar-refractivity contribution in [2.75, 3.05) is 6.54 Å². The molecule has 5 nitrogen and oxygen atoms in total. The quantitative estimate of drug-likeness (QED) is 0.803. The van der Waals surface area contributed by atoms with Crippen LogP contribution in [0.4, 0.5) is 0 Å². The zero-order valence-electron chi connectivity index (χ0n) is 13.4. The van der Waals surface area contributed by atoms with E-state index in [2.05, 4.69) is 34.3 Å². The highest BCUT2D eigenvalue weighted by molar-refractivity contribution is 8.00. The van der Waals surface area contributed by atoms with Crippen molar-refractivity contribution in [3.63, 3.8) is 0 Å². The van der Waals surface area contributed by atoms with Crippen LogP contribution in [0.15, 0.2) is 29.4 Å². The summed E-state index contributed by atoms with van der Waals surface area (Å²) >= 11 is 1.36. The third-order valence-electron chi connectivity index (χ3n) is 3.13. The van der Waals surface area contributed by atoms with Gasteiger partial charge < -0.3 is 5.32 Å². The van der Waals surface area contributed by atoms with Gasteiger partial charge in [-0.3, -0.25) is 9.89 Å². The largest absolute Gasteiger partial charge is 0.355 e. The molecule has 2 aromatic rings. The molecule has 1 amide bonds. The molecule has 2 rings (SSSR count). The van der Waals surface area contributed by atoms with Crippen LogP contribution >= 0.6 is 11.8 Å². The predicted octanol–water partition coefficient (Wildman–Crippen LogP) is 3.03. The smallest absolute Gasteiger partial charge is 0.233 e. The molecule has 118 valence electrons. The maximum atomic E-state index is 12.0. The fraction of sp³-hybridized carbons (Fsp3) is 0.438. The second-order valence-electron chi connectivity index (χ2n) is 5.73. The zero-order chi connectivity index (χ0) is 16.1. The predicted molar refractivity (Wildman–Crippen MR) is 89.7 cm³/mol.